The number of hydrogen-bond acceptors (Lipinski definition) is 7. The van der Waals surface area contributed by atoms with Gasteiger partial charge in [-0.2, -0.15) is 15.1 Å². The quantitative estimate of drug-likeness (QED) is 0.508. The molecule has 0 atom stereocenters. The molecule has 0 amide bonds. The van der Waals surface area contributed by atoms with Crippen molar-refractivity contribution in [3.05, 3.63) is 6.20 Å². The van der Waals surface area contributed by atoms with Gasteiger partial charge in [-0.25, -0.2) is 5.84 Å². The van der Waals surface area contributed by atoms with Crippen LogP contribution >= 0.6 is 0 Å². The lowest BCUT2D eigenvalue weighted by Crippen LogP contribution is -2.30. The number of rotatable bonds is 2. The SMILES string of the molecule is CN1CCCN(c2nc(NN)nc3[nH]ncc23)CC1. The Kier molecular flexibility index (Phi) is 3.18. The van der Waals surface area contributed by atoms with Crippen LogP contribution in [0, 0.1) is 0 Å². The topological polar surface area (TPSA) is 99.0 Å². The maximum absolute atomic E-state index is 5.42. The number of aromatic amines is 1. The Labute approximate surface area is 111 Å². The third-order valence-corrected chi connectivity index (χ3v) is 3.44. The lowest BCUT2D eigenvalue weighted by atomic mass is 10.3. The van der Waals surface area contributed by atoms with Crippen molar-refractivity contribution in [2.45, 2.75) is 6.42 Å². The van der Waals surface area contributed by atoms with Crippen molar-refractivity contribution in [3.8, 4) is 0 Å². The largest absolute Gasteiger partial charge is 0.355 e. The summed E-state index contributed by atoms with van der Waals surface area (Å²) in [5.74, 6) is 6.72. The Morgan fingerprint density at radius 1 is 1.26 bits per heavy atom. The Morgan fingerprint density at radius 3 is 3.00 bits per heavy atom. The van der Waals surface area contributed by atoms with E-state index in [9.17, 15) is 0 Å². The number of likely N-dealkylation sites (N-methyl/N-ethyl adjacent to an activating group) is 1. The molecule has 1 aliphatic rings. The minimum Gasteiger partial charge on any atom is -0.355 e. The van der Waals surface area contributed by atoms with Crippen LogP contribution in [0.5, 0.6) is 0 Å². The number of aromatic nitrogens is 4. The van der Waals surface area contributed by atoms with Gasteiger partial charge < -0.3 is 9.80 Å². The molecule has 19 heavy (non-hydrogen) atoms. The van der Waals surface area contributed by atoms with E-state index in [0.717, 1.165) is 43.8 Å². The molecule has 1 aliphatic heterocycles. The average molecular weight is 262 g/mol. The lowest BCUT2D eigenvalue weighted by molar-refractivity contribution is 0.360. The zero-order chi connectivity index (χ0) is 13.2. The molecule has 2 aromatic heterocycles. The fourth-order valence-corrected chi connectivity index (χ4v) is 2.38. The van der Waals surface area contributed by atoms with E-state index in [0.29, 0.717) is 11.6 Å². The van der Waals surface area contributed by atoms with Crippen molar-refractivity contribution in [1.82, 2.24) is 25.1 Å². The lowest BCUT2D eigenvalue weighted by Gasteiger charge is -2.22. The number of nitrogens with two attached hydrogens (primary N) is 1. The number of hydrazine groups is 1. The number of nitrogen functional groups attached to an aromatic ring is 1. The molecule has 0 aliphatic carbocycles. The minimum absolute atomic E-state index is 0.407. The summed E-state index contributed by atoms with van der Waals surface area (Å²) in [7, 11) is 2.14. The van der Waals surface area contributed by atoms with E-state index in [1.54, 1.807) is 6.20 Å². The maximum Gasteiger partial charge on any atom is 0.241 e. The first-order valence-corrected chi connectivity index (χ1v) is 6.39. The van der Waals surface area contributed by atoms with Crippen LogP contribution in [0.25, 0.3) is 11.0 Å². The highest BCUT2D eigenvalue weighted by atomic mass is 15.3. The summed E-state index contributed by atoms with van der Waals surface area (Å²) in [4.78, 5) is 13.3. The standard InChI is InChI=1S/C11H18N8/c1-18-3-2-4-19(6-5-18)10-8-7-13-17-9(8)14-11(15-10)16-12/h7H,2-6,12H2,1H3,(H2,13,14,15,16,17). The van der Waals surface area contributed by atoms with Crippen molar-refractivity contribution in [1.29, 1.82) is 0 Å². The fraction of sp³-hybridized carbons (Fsp3) is 0.545. The minimum atomic E-state index is 0.407. The summed E-state index contributed by atoms with van der Waals surface area (Å²) in [6, 6.07) is 0. The van der Waals surface area contributed by atoms with Gasteiger partial charge in [-0.3, -0.25) is 10.5 Å². The summed E-state index contributed by atoms with van der Waals surface area (Å²) >= 11 is 0. The first-order valence-electron chi connectivity index (χ1n) is 6.39. The fourth-order valence-electron chi connectivity index (χ4n) is 2.38. The number of nitrogens with one attached hydrogen (secondary N) is 2. The monoisotopic (exact) mass is 262 g/mol. The van der Waals surface area contributed by atoms with E-state index in [-0.39, 0.29) is 0 Å². The maximum atomic E-state index is 5.42. The Hall–Kier alpha value is -1.93. The summed E-state index contributed by atoms with van der Waals surface area (Å²) < 4.78 is 0. The van der Waals surface area contributed by atoms with Crippen LogP contribution in [-0.2, 0) is 0 Å². The summed E-state index contributed by atoms with van der Waals surface area (Å²) in [6.07, 6.45) is 2.88. The second-order valence-electron chi connectivity index (χ2n) is 4.79. The second kappa shape index (κ2) is 4.98. The summed E-state index contributed by atoms with van der Waals surface area (Å²) in [5.41, 5.74) is 3.21. The van der Waals surface area contributed by atoms with E-state index in [1.165, 1.54) is 0 Å². The van der Waals surface area contributed by atoms with E-state index in [4.69, 9.17) is 5.84 Å². The van der Waals surface area contributed by atoms with E-state index in [2.05, 4.69) is 42.4 Å². The van der Waals surface area contributed by atoms with Gasteiger partial charge in [0.1, 0.15) is 5.82 Å². The molecule has 0 aromatic carbocycles. The molecule has 0 radical (unpaired) electrons. The number of H-pyrrole nitrogens is 1. The average Bonchev–Trinajstić information content (AvgIpc) is 2.79. The third-order valence-electron chi connectivity index (χ3n) is 3.44. The normalized spacial score (nSPS) is 17.7. The van der Waals surface area contributed by atoms with Crippen molar-refractivity contribution in [3.63, 3.8) is 0 Å². The molecule has 3 heterocycles. The molecule has 0 saturated carbocycles. The zero-order valence-corrected chi connectivity index (χ0v) is 10.9. The molecular formula is C11H18N8. The van der Waals surface area contributed by atoms with Crippen molar-refractivity contribution in [2.75, 3.05) is 43.6 Å². The van der Waals surface area contributed by atoms with E-state index >= 15 is 0 Å². The number of nitrogens with zero attached hydrogens (tertiary/aromatic N) is 5. The molecule has 0 spiro atoms. The first kappa shape index (κ1) is 12.1. The number of fused-ring (bicyclic) bond motifs is 1. The first-order chi connectivity index (χ1) is 9.28. The highest BCUT2D eigenvalue weighted by Crippen LogP contribution is 2.24. The van der Waals surface area contributed by atoms with Crippen LogP contribution in [0.1, 0.15) is 6.42 Å². The predicted octanol–water partition coefficient (Wildman–Crippen LogP) is -0.220. The zero-order valence-electron chi connectivity index (χ0n) is 10.9. The van der Waals surface area contributed by atoms with Gasteiger partial charge in [0.15, 0.2) is 5.65 Å². The van der Waals surface area contributed by atoms with Crippen molar-refractivity contribution < 1.29 is 0 Å². The molecule has 0 unspecified atom stereocenters. The molecule has 102 valence electrons. The predicted molar refractivity (Wildman–Crippen MR) is 73.8 cm³/mol. The molecular weight excluding hydrogens is 244 g/mol. The van der Waals surface area contributed by atoms with Crippen LogP contribution in [0.4, 0.5) is 11.8 Å². The molecule has 1 saturated heterocycles. The summed E-state index contributed by atoms with van der Waals surface area (Å²) in [6.45, 7) is 4.05. The Morgan fingerprint density at radius 2 is 2.16 bits per heavy atom. The van der Waals surface area contributed by atoms with Gasteiger partial charge in [0, 0.05) is 19.6 Å². The van der Waals surface area contributed by atoms with E-state index in [1.807, 2.05) is 0 Å². The molecule has 3 rings (SSSR count). The van der Waals surface area contributed by atoms with Gasteiger partial charge in [-0.1, -0.05) is 0 Å². The summed E-state index contributed by atoms with van der Waals surface area (Å²) in [5, 5.41) is 7.84. The van der Waals surface area contributed by atoms with Crippen LogP contribution in [0.15, 0.2) is 6.20 Å². The van der Waals surface area contributed by atoms with Crippen LogP contribution in [-0.4, -0.2) is 58.3 Å². The van der Waals surface area contributed by atoms with Gasteiger partial charge >= 0.3 is 0 Å². The smallest absolute Gasteiger partial charge is 0.241 e. The van der Waals surface area contributed by atoms with Gasteiger partial charge in [0.25, 0.3) is 0 Å². The van der Waals surface area contributed by atoms with Crippen LogP contribution in [0.3, 0.4) is 0 Å². The Balaban J connectivity index is 2.00. The molecule has 0 bridgehead atoms. The number of hydrogen-bond donors (Lipinski definition) is 3. The molecule has 1 fully saturated rings. The molecule has 8 nitrogen and oxygen atoms in total. The highest BCUT2D eigenvalue weighted by Gasteiger charge is 2.18. The van der Waals surface area contributed by atoms with Crippen LogP contribution < -0.4 is 16.2 Å². The second-order valence-corrected chi connectivity index (χ2v) is 4.79. The molecule has 8 heteroatoms. The van der Waals surface area contributed by atoms with Gasteiger partial charge in [0.2, 0.25) is 5.95 Å². The van der Waals surface area contributed by atoms with Crippen LogP contribution in [0.2, 0.25) is 0 Å². The van der Waals surface area contributed by atoms with Gasteiger partial charge in [-0.05, 0) is 20.0 Å². The van der Waals surface area contributed by atoms with Gasteiger partial charge in [0.05, 0.1) is 11.6 Å². The van der Waals surface area contributed by atoms with E-state index < -0.39 is 0 Å². The molecule has 2 aromatic rings. The third kappa shape index (κ3) is 2.32. The molecule has 4 N–H and O–H groups in total. The number of anilines is 2. The Bertz CT molecular complexity index is 565. The van der Waals surface area contributed by atoms with Crippen molar-refractivity contribution in [2.24, 2.45) is 5.84 Å². The van der Waals surface area contributed by atoms with Gasteiger partial charge in [-0.15, -0.1) is 0 Å². The highest BCUT2D eigenvalue weighted by molar-refractivity contribution is 5.87. The van der Waals surface area contributed by atoms with Crippen molar-refractivity contribution >= 4 is 22.8 Å².